The van der Waals surface area contributed by atoms with Gasteiger partial charge in [-0.1, -0.05) is 6.07 Å². The van der Waals surface area contributed by atoms with Gasteiger partial charge in [-0.2, -0.15) is 5.10 Å². The van der Waals surface area contributed by atoms with Gasteiger partial charge in [0.25, 0.3) is 12.3 Å². The zero-order valence-electron chi connectivity index (χ0n) is 15.2. The van der Waals surface area contributed by atoms with Crippen LogP contribution in [0.4, 0.5) is 13.2 Å². The van der Waals surface area contributed by atoms with E-state index in [0.29, 0.717) is 25.5 Å². The van der Waals surface area contributed by atoms with Gasteiger partial charge in [-0.3, -0.25) is 14.7 Å². The van der Waals surface area contributed by atoms with Crippen LogP contribution in [-0.2, 0) is 13.6 Å². The van der Waals surface area contributed by atoms with Gasteiger partial charge in [0.1, 0.15) is 11.6 Å². The van der Waals surface area contributed by atoms with Crippen molar-refractivity contribution in [3.8, 4) is 0 Å². The first kappa shape index (κ1) is 18.7. The maximum absolute atomic E-state index is 14.2. The molecule has 2 fully saturated rings. The van der Waals surface area contributed by atoms with Gasteiger partial charge in [0.15, 0.2) is 0 Å². The molecular weight excluding hydrogens is 375 g/mol. The number of likely N-dealkylation sites (tertiary alicyclic amines) is 2. The van der Waals surface area contributed by atoms with Crippen molar-refractivity contribution in [3.63, 3.8) is 0 Å². The van der Waals surface area contributed by atoms with E-state index in [2.05, 4.69) is 15.0 Å². The number of nitrogens with zero attached hydrogens (tertiary/aromatic N) is 4. The molecule has 2 atom stereocenters. The number of halogens is 3. The lowest BCUT2D eigenvalue weighted by Crippen LogP contribution is -2.40. The third-order valence-corrected chi connectivity index (χ3v) is 5.55. The van der Waals surface area contributed by atoms with Crippen molar-refractivity contribution in [2.45, 2.75) is 25.4 Å². The molecule has 2 aliphatic heterocycles. The van der Waals surface area contributed by atoms with Gasteiger partial charge in [-0.25, -0.2) is 22.6 Å². The van der Waals surface area contributed by atoms with Crippen molar-refractivity contribution in [2.75, 3.05) is 19.6 Å². The molecule has 0 aliphatic carbocycles. The number of benzene rings is 1. The second kappa shape index (κ2) is 7.08. The number of aromatic amines is 1. The minimum Gasteiger partial charge on any atom is -0.334 e. The maximum atomic E-state index is 14.2. The first-order valence-corrected chi connectivity index (χ1v) is 9.06. The average molecular weight is 395 g/mol. The van der Waals surface area contributed by atoms with Crippen LogP contribution in [-0.4, -0.2) is 56.1 Å². The van der Waals surface area contributed by atoms with Crippen LogP contribution in [0.15, 0.2) is 23.0 Å². The van der Waals surface area contributed by atoms with Crippen LogP contribution in [0.5, 0.6) is 0 Å². The molecule has 1 N–H and O–H groups in total. The van der Waals surface area contributed by atoms with Crippen LogP contribution in [0.25, 0.3) is 0 Å². The molecule has 2 aromatic rings. The number of rotatable bonds is 4. The topological polar surface area (TPSA) is 74.2 Å². The zero-order valence-corrected chi connectivity index (χ0v) is 15.2. The van der Waals surface area contributed by atoms with Gasteiger partial charge >= 0.3 is 5.69 Å². The van der Waals surface area contributed by atoms with E-state index in [-0.39, 0.29) is 23.2 Å². The van der Waals surface area contributed by atoms with Gasteiger partial charge in [-0.05, 0) is 24.5 Å². The van der Waals surface area contributed by atoms with Crippen molar-refractivity contribution in [1.29, 1.82) is 0 Å². The van der Waals surface area contributed by atoms with Crippen LogP contribution in [0.2, 0.25) is 0 Å². The summed E-state index contributed by atoms with van der Waals surface area (Å²) in [5.74, 6) is -0.590. The van der Waals surface area contributed by atoms with Crippen LogP contribution < -0.4 is 5.69 Å². The van der Waals surface area contributed by atoms with Crippen molar-refractivity contribution < 1.29 is 18.0 Å². The van der Waals surface area contributed by atoms with E-state index < -0.39 is 23.7 Å². The van der Waals surface area contributed by atoms with Gasteiger partial charge in [0.05, 0.1) is 12.1 Å². The van der Waals surface area contributed by atoms with E-state index in [1.165, 1.54) is 4.68 Å². The van der Waals surface area contributed by atoms with E-state index in [1.807, 2.05) is 0 Å². The zero-order chi connectivity index (χ0) is 20.0. The lowest BCUT2D eigenvalue weighted by Gasteiger charge is -2.25. The highest BCUT2D eigenvalue weighted by atomic mass is 19.3. The monoisotopic (exact) mass is 395 g/mol. The molecule has 28 heavy (non-hydrogen) atoms. The Hall–Kier alpha value is -2.62. The summed E-state index contributed by atoms with van der Waals surface area (Å²) >= 11 is 0. The number of hydrogen-bond donors (Lipinski definition) is 1. The summed E-state index contributed by atoms with van der Waals surface area (Å²) in [6.45, 7) is 2.31. The average Bonchev–Trinajstić information content (AvgIpc) is 3.29. The summed E-state index contributed by atoms with van der Waals surface area (Å²) in [5, 5.41) is 4.12. The van der Waals surface area contributed by atoms with Crippen molar-refractivity contribution >= 4 is 5.91 Å². The number of aryl methyl sites for hydroxylation is 1. The van der Waals surface area contributed by atoms with Gasteiger partial charge in [0.2, 0.25) is 0 Å². The molecular formula is C18H20F3N5O2. The highest BCUT2D eigenvalue weighted by molar-refractivity contribution is 5.95. The quantitative estimate of drug-likeness (QED) is 0.852. The number of carbonyl (C=O) groups excluding carboxylic acids is 1. The molecule has 150 valence electrons. The Morgan fingerprint density at radius 1 is 1.36 bits per heavy atom. The predicted molar refractivity (Wildman–Crippen MR) is 93.4 cm³/mol. The van der Waals surface area contributed by atoms with Crippen LogP contribution >= 0.6 is 0 Å². The first-order valence-electron chi connectivity index (χ1n) is 9.06. The Morgan fingerprint density at radius 2 is 2.14 bits per heavy atom. The summed E-state index contributed by atoms with van der Waals surface area (Å²) in [7, 11) is 1.56. The number of amides is 1. The number of hydrogen-bond acceptors (Lipinski definition) is 4. The number of aromatic nitrogens is 3. The molecule has 0 spiro atoms. The summed E-state index contributed by atoms with van der Waals surface area (Å²) < 4.78 is 40.9. The number of fused-ring (bicyclic) bond motifs is 1. The van der Waals surface area contributed by atoms with Crippen LogP contribution in [0, 0.1) is 11.7 Å². The SMILES string of the molecule is Cn1nc(CN2C[C@@H]3CCN(C(=O)c4ccc(C(F)F)cc4F)[C@@H]3C2)[nH]c1=O. The standard InChI is InChI=1S/C18H20F3N5O2/c1-24-18(28)22-15(23-24)9-25-7-11-4-5-26(14(11)8-25)17(27)12-3-2-10(16(20)21)6-13(12)19/h2-3,6,11,14,16H,4-5,7-9H2,1H3,(H,22,23,28)/t11-,14+/m0/s1. The molecule has 0 radical (unpaired) electrons. The molecule has 1 aromatic heterocycles. The maximum Gasteiger partial charge on any atom is 0.343 e. The Labute approximate surface area is 158 Å². The number of nitrogens with one attached hydrogen (secondary N) is 1. The molecule has 1 amide bonds. The summed E-state index contributed by atoms with van der Waals surface area (Å²) in [5.41, 5.74) is -0.906. The van der Waals surface area contributed by atoms with Crippen LogP contribution in [0.3, 0.4) is 0 Å². The molecule has 2 aliphatic rings. The predicted octanol–water partition coefficient (Wildman–Crippen LogP) is 1.53. The first-order chi connectivity index (χ1) is 13.3. The van der Waals surface area contributed by atoms with E-state index in [0.717, 1.165) is 31.2 Å². The smallest absolute Gasteiger partial charge is 0.334 e. The number of carbonyl (C=O) groups is 1. The third kappa shape index (κ3) is 3.32. The normalized spacial score (nSPS) is 22.2. The molecule has 2 saturated heterocycles. The molecule has 3 heterocycles. The lowest BCUT2D eigenvalue weighted by atomic mass is 10.0. The molecule has 10 heteroatoms. The molecule has 0 saturated carbocycles. The molecule has 0 bridgehead atoms. The molecule has 1 aromatic carbocycles. The molecule has 0 unspecified atom stereocenters. The van der Waals surface area contributed by atoms with E-state index >= 15 is 0 Å². The Kier molecular flexibility index (Phi) is 4.74. The molecule has 4 rings (SSSR count). The minimum atomic E-state index is -2.78. The molecule has 7 nitrogen and oxygen atoms in total. The highest BCUT2D eigenvalue weighted by Crippen LogP contribution is 2.33. The summed E-state index contributed by atoms with van der Waals surface area (Å²) in [4.78, 5) is 30.7. The van der Waals surface area contributed by atoms with Crippen molar-refractivity contribution in [3.05, 3.63) is 51.5 Å². The lowest BCUT2D eigenvalue weighted by molar-refractivity contribution is 0.0720. The van der Waals surface area contributed by atoms with Crippen molar-refractivity contribution in [1.82, 2.24) is 24.6 Å². The minimum absolute atomic E-state index is 0.0721. The largest absolute Gasteiger partial charge is 0.343 e. The fourth-order valence-corrected chi connectivity index (χ4v) is 4.16. The number of alkyl halides is 2. The Morgan fingerprint density at radius 3 is 2.79 bits per heavy atom. The van der Waals surface area contributed by atoms with Gasteiger partial charge < -0.3 is 4.90 Å². The van der Waals surface area contributed by atoms with E-state index in [9.17, 15) is 22.8 Å². The Balaban J connectivity index is 1.47. The van der Waals surface area contributed by atoms with Gasteiger partial charge in [0, 0.05) is 38.3 Å². The number of H-pyrrole nitrogens is 1. The van der Waals surface area contributed by atoms with Crippen molar-refractivity contribution in [2.24, 2.45) is 13.0 Å². The summed E-state index contributed by atoms with van der Waals surface area (Å²) in [6.07, 6.45) is -1.99. The van der Waals surface area contributed by atoms with E-state index in [4.69, 9.17) is 0 Å². The Bertz CT molecular complexity index is 957. The fraction of sp³-hybridized carbons (Fsp3) is 0.500. The third-order valence-electron chi connectivity index (χ3n) is 5.55. The summed E-state index contributed by atoms with van der Waals surface area (Å²) in [6, 6.07) is 2.88. The fourth-order valence-electron chi connectivity index (χ4n) is 4.16. The van der Waals surface area contributed by atoms with E-state index in [1.54, 1.807) is 11.9 Å². The highest BCUT2D eigenvalue weighted by Gasteiger charge is 2.44. The van der Waals surface area contributed by atoms with Crippen LogP contribution in [0.1, 0.15) is 34.6 Å². The van der Waals surface area contributed by atoms with Gasteiger partial charge in [-0.15, -0.1) is 0 Å². The second-order valence-corrected chi connectivity index (χ2v) is 7.35. The second-order valence-electron chi connectivity index (χ2n) is 7.35.